The van der Waals surface area contributed by atoms with Crippen molar-refractivity contribution in [1.29, 1.82) is 0 Å². The Morgan fingerprint density at radius 3 is 2.82 bits per heavy atom. The topological polar surface area (TPSA) is 50.4 Å². The highest BCUT2D eigenvalue weighted by molar-refractivity contribution is 7.99. The molecule has 2 N–H and O–H groups in total. The minimum Gasteiger partial charge on any atom is -0.497 e. The molecule has 2 aromatic rings. The SMILES string of the molecule is COc1ccc(-c2ccc(CNC(=O)[C@H]3CSCN3)s2)cc1. The number of carbonyl (C=O) groups is 1. The largest absolute Gasteiger partial charge is 0.497 e. The molecule has 0 bridgehead atoms. The summed E-state index contributed by atoms with van der Waals surface area (Å²) in [5, 5.41) is 6.18. The number of nitrogens with one attached hydrogen (secondary N) is 2. The first kappa shape index (κ1) is 15.4. The first-order valence-electron chi connectivity index (χ1n) is 7.08. The van der Waals surface area contributed by atoms with Gasteiger partial charge in [-0.25, -0.2) is 0 Å². The van der Waals surface area contributed by atoms with Crippen LogP contribution in [0, 0.1) is 0 Å². The van der Waals surface area contributed by atoms with Crippen LogP contribution >= 0.6 is 23.1 Å². The lowest BCUT2D eigenvalue weighted by atomic mass is 10.2. The van der Waals surface area contributed by atoms with Crippen LogP contribution in [0.15, 0.2) is 36.4 Å². The fraction of sp³-hybridized carbons (Fsp3) is 0.312. The zero-order valence-electron chi connectivity index (χ0n) is 12.3. The molecular weight excluding hydrogens is 316 g/mol. The third kappa shape index (κ3) is 3.63. The molecule has 0 unspecified atom stereocenters. The molecule has 2 heterocycles. The summed E-state index contributed by atoms with van der Waals surface area (Å²) in [6.45, 7) is 0.586. The molecule has 0 radical (unpaired) electrons. The Morgan fingerprint density at radius 2 is 2.14 bits per heavy atom. The van der Waals surface area contributed by atoms with Gasteiger partial charge in [0.15, 0.2) is 0 Å². The predicted octanol–water partition coefficient (Wildman–Crippen LogP) is 2.70. The Kier molecular flexibility index (Phi) is 5.02. The van der Waals surface area contributed by atoms with Crippen LogP contribution < -0.4 is 15.4 Å². The lowest BCUT2D eigenvalue weighted by Gasteiger charge is -2.09. The molecule has 1 fully saturated rings. The monoisotopic (exact) mass is 334 g/mol. The van der Waals surface area contributed by atoms with Gasteiger partial charge in [0, 0.05) is 21.4 Å². The Balaban J connectivity index is 1.59. The summed E-state index contributed by atoms with van der Waals surface area (Å²) < 4.78 is 5.17. The Morgan fingerprint density at radius 1 is 1.32 bits per heavy atom. The average Bonchev–Trinajstić information content (AvgIpc) is 3.24. The highest BCUT2D eigenvalue weighted by Crippen LogP contribution is 2.29. The number of thiophene rings is 1. The summed E-state index contributed by atoms with van der Waals surface area (Å²) in [4.78, 5) is 14.3. The summed E-state index contributed by atoms with van der Waals surface area (Å²) in [5.41, 5.74) is 1.16. The second-order valence-corrected chi connectivity index (χ2v) is 7.18. The summed E-state index contributed by atoms with van der Waals surface area (Å²) in [6, 6.07) is 12.1. The highest BCUT2D eigenvalue weighted by Gasteiger charge is 2.22. The summed E-state index contributed by atoms with van der Waals surface area (Å²) in [7, 11) is 1.67. The summed E-state index contributed by atoms with van der Waals surface area (Å²) in [6.07, 6.45) is 0. The van der Waals surface area contributed by atoms with Crippen molar-refractivity contribution < 1.29 is 9.53 Å². The first-order valence-corrected chi connectivity index (χ1v) is 9.05. The molecular formula is C16H18N2O2S2. The van der Waals surface area contributed by atoms with Gasteiger partial charge in [-0.15, -0.1) is 23.1 Å². The van der Waals surface area contributed by atoms with E-state index in [2.05, 4.69) is 22.8 Å². The average molecular weight is 334 g/mol. The van der Waals surface area contributed by atoms with Crippen molar-refractivity contribution in [2.24, 2.45) is 0 Å². The lowest BCUT2D eigenvalue weighted by Crippen LogP contribution is -2.41. The van der Waals surface area contributed by atoms with E-state index in [1.54, 1.807) is 30.2 Å². The quantitative estimate of drug-likeness (QED) is 0.883. The summed E-state index contributed by atoms with van der Waals surface area (Å²) >= 11 is 3.46. The fourth-order valence-corrected chi connectivity index (χ4v) is 4.14. The van der Waals surface area contributed by atoms with E-state index in [0.717, 1.165) is 27.8 Å². The summed E-state index contributed by atoms with van der Waals surface area (Å²) in [5.74, 6) is 2.66. The molecule has 1 amide bonds. The van der Waals surface area contributed by atoms with E-state index in [1.807, 2.05) is 24.3 Å². The molecule has 6 heteroatoms. The second-order valence-electron chi connectivity index (χ2n) is 4.98. The Hall–Kier alpha value is -1.50. The minimum absolute atomic E-state index is 0.0500. The van der Waals surface area contributed by atoms with Crippen LogP contribution in [-0.2, 0) is 11.3 Å². The van der Waals surface area contributed by atoms with Crippen LogP contribution in [0.5, 0.6) is 5.75 Å². The number of rotatable bonds is 5. The molecule has 0 saturated carbocycles. The zero-order chi connectivity index (χ0) is 15.4. The van der Waals surface area contributed by atoms with E-state index < -0.39 is 0 Å². The number of thioether (sulfide) groups is 1. The number of benzene rings is 1. The molecule has 116 valence electrons. The van der Waals surface area contributed by atoms with Crippen molar-refractivity contribution in [3.63, 3.8) is 0 Å². The van der Waals surface area contributed by atoms with Crippen molar-refractivity contribution in [3.05, 3.63) is 41.3 Å². The fourth-order valence-electron chi connectivity index (χ4n) is 2.24. The van der Waals surface area contributed by atoms with Gasteiger partial charge in [0.2, 0.25) is 5.91 Å². The molecule has 1 aliphatic rings. The normalized spacial score (nSPS) is 17.4. The van der Waals surface area contributed by atoms with Crippen LogP contribution in [-0.4, -0.2) is 30.7 Å². The number of amides is 1. The number of carbonyl (C=O) groups excluding carboxylic acids is 1. The van der Waals surface area contributed by atoms with Gasteiger partial charge in [0.1, 0.15) is 5.75 Å². The van der Waals surface area contributed by atoms with Crippen LogP contribution in [0.4, 0.5) is 0 Å². The van der Waals surface area contributed by atoms with Gasteiger partial charge >= 0.3 is 0 Å². The highest BCUT2D eigenvalue weighted by atomic mass is 32.2. The third-order valence-corrected chi connectivity index (χ3v) is 5.58. The minimum atomic E-state index is -0.0500. The predicted molar refractivity (Wildman–Crippen MR) is 92.4 cm³/mol. The van der Waals surface area contributed by atoms with Crippen molar-refractivity contribution in [1.82, 2.24) is 10.6 Å². The Bertz CT molecular complexity index is 634. The molecule has 1 atom stereocenters. The molecule has 3 rings (SSSR count). The lowest BCUT2D eigenvalue weighted by molar-refractivity contribution is -0.122. The maximum Gasteiger partial charge on any atom is 0.238 e. The van der Waals surface area contributed by atoms with Crippen LogP contribution in [0.1, 0.15) is 4.88 Å². The molecule has 4 nitrogen and oxygen atoms in total. The van der Waals surface area contributed by atoms with Crippen molar-refractivity contribution >= 4 is 29.0 Å². The zero-order valence-corrected chi connectivity index (χ0v) is 13.9. The number of hydrogen-bond donors (Lipinski definition) is 2. The van der Waals surface area contributed by atoms with E-state index in [-0.39, 0.29) is 11.9 Å². The number of ether oxygens (including phenoxy) is 1. The van der Waals surface area contributed by atoms with Gasteiger partial charge in [0.25, 0.3) is 0 Å². The third-order valence-electron chi connectivity index (χ3n) is 3.51. The van der Waals surface area contributed by atoms with Gasteiger partial charge in [0.05, 0.1) is 19.7 Å². The molecule has 1 aliphatic heterocycles. The molecule has 1 aromatic carbocycles. The molecule has 0 aliphatic carbocycles. The smallest absolute Gasteiger partial charge is 0.238 e. The van der Waals surface area contributed by atoms with E-state index in [4.69, 9.17) is 4.74 Å². The van der Waals surface area contributed by atoms with E-state index in [9.17, 15) is 4.79 Å². The van der Waals surface area contributed by atoms with Gasteiger partial charge in [-0.1, -0.05) is 0 Å². The van der Waals surface area contributed by atoms with Crippen LogP contribution in [0.2, 0.25) is 0 Å². The van der Waals surface area contributed by atoms with Gasteiger partial charge < -0.3 is 10.1 Å². The van der Waals surface area contributed by atoms with Crippen LogP contribution in [0.3, 0.4) is 0 Å². The number of methoxy groups -OCH3 is 1. The molecule has 1 saturated heterocycles. The maximum atomic E-state index is 12.0. The Labute approximate surface area is 138 Å². The molecule has 0 spiro atoms. The van der Waals surface area contributed by atoms with Crippen molar-refractivity contribution in [3.8, 4) is 16.2 Å². The number of hydrogen-bond acceptors (Lipinski definition) is 5. The first-order chi connectivity index (χ1) is 10.8. The van der Waals surface area contributed by atoms with E-state index in [0.29, 0.717) is 6.54 Å². The van der Waals surface area contributed by atoms with Crippen LogP contribution in [0.25, 0.3) is 10.4 Å². The van der Waals surface area contributed by atoms with Gasteiger partial charge in [-0.05, 0) is 42.0 Å². The maximum absolute atomic E-state index is 12.0. The second kappa shape index (κ2) is 7.17. The van der Waals surface area contributed by atoms with E-state index >= 15 is 0 Å². The van der Waals surface area contributed by atoms with Gasteiger partial charge in [-0.3, -0.25) is 10.1 Å². The van der Waals surface area contributed by atoms with Crippen molar-refractivity contribution in [2.45, 2.75) is 12.6 Å². The van der Waals surface area contributed by atoms with Gasteiger partial charge in [-0.2, -0.15) is 0 Å². The molecule has 22 heavy (non-hydrogen) atoms. The standard InChI is InChI=1S/C16H18N2O2S2/c1-20-12-4-2-11(3-5-12)15-7-6-13(22-15)8-17-16(19)14-9-21-10-18-14/h2-7,14,18H,8-10H2,1H3,(H,17,19)/t14-/m1/s1. The van der Waals surface area contributed by atoms with Crippen molar-refractivity contribution in [2.75, 3.05) is 18.7 Å². The molecule has 1 aromatic heterocycles. The van der Waals surface area contributed by atoms with E-state index in [1.165, 1.54) is 4.88 Å².